The Morgan fingerprint density at radius 3 is 2.03 bits per heavy atom. The van der Waals surface area contributed by atoms with E-state index in [1.165, 1.54) is 43.7 Å². The number of carbonyl (C=O) groups is 3. The molecule has 0 spiro atoms. The molecule has 1 rings (SSSR count). The molecule has 1 atom stereocenters. The summed E-state index contributed by atoms with van der Waals surface area (Å²) in [5, 5.41) is 4.75. The minimum Gasteiger partial charge on any atom is -0.350 e. The third kappa shape index (κ3) is 16.3. The van der Waals surface area contributed by atoms with Crippen LogP contribution in [0, 0.1) is 5.92 Å². The summed E-state index contributed by atoms with van der Waals surface area (Å²) in [4.78, 5) is 37.9. The second-order valence-corrected chi connectivity index (χ2v) is 8.93. The summed E-state index contributed by atoms with van der Waals surface area (Å²) in [6, 6.07) is 0.479. The smallest absolute Gasteiger partial charge is 0.246 e. The number of halogens is 1. The van der Waals surface area contributed by atoms with E-state index >= 15 is 0 Å². The van der Waals surface area contributed by atoms with Crippen LogP contribution in [0.25, 0.3) is 0 Å². The summed E-state index contributed by atoms with van der Waals surface area (Å²) in [5.74, 6) is -0.529. The van der Waals surface area contributed by atoms with Crippen molar-refractivity contribution in [2.45, 2.75) is 86.2 Å². The molecule has 8 heteroatoms. The highest BCUT2D eigenvalue weighted by molar-refractivity contribution is 5.93. The van der Waals surface area contributed by atoms with Crippen LogP contribution >= 0.6 is 0 Å². The maximum Gasteiger partial charge on any atom is 0.246 e. The minimum absolute atomic E-state index is 0.0334. The Morgan fingerprint density at radius 1 is 1.09 bits per heavy atom. The van der Waals surface area contributed by atoms with Crippen LogP contribution in [0.4, 0.5) is 4.39 Å². The van der Waals surface area contributed by atoms with Crippen molar-refractivity contribution in [2.75, 3.05) is 39.9 Å². The molecule has 3 amide bonds. The number of nitrogens with one attached hydrogen (secondary N) is 2. The van der Waals surface area contributed by atoms with Gasteiger partial charge in [-0.2, -0.15) is 0 Å². The van der Waals surface area contributed by atoms with E-state index in [0.717, 1.165) is 6.04 Å². The third-order valence-corrected chi connectivity index (χ3v) is 5.14. The predicted octanol–water partition coefficient (Wildman–Crippen LogP) is 3.54. The first kappa shape index (κ1) is 33.2. The fourth-order valence-corrected chi connectivity index (χ4v) is 3.24. The molecule has 0 aliphatic carbocycles. The van der Waals surface area contributed by atoms with Gasteiger partial charge in [0.1, 0.15) is 6.67 Å². The lowest BCUT2D eigenvalue weighted by molar-refractivity contribution is -0.132. The Labute approximate surface area is 201 Å². The van der Waals surface area contributed by atoms with Gasteiger partial charge in [0.2, 0.25) is 18.2 Å². The fourth-order valence-electron chi connectivity index (χ4n) is 3.24. The zero-order chi connectivity index (χ0) is 25.8. The first-order valence-corrected chi connectivity index (χ1v) is 12.3. The molecular formula is C25H49FN4O3. The zero-order valence-electron chi connectivity index (χ0n) is 22.2. The number of likely N-dealkylation sites (N-methyl/N-ethyl adjacent to an activating group) is 1. The molecule has 33 heavy (non-hydrogen) atoms. The van der Waals surface area contributed by atoms with Gasteiger partial charge < -0.3 is 20.4 Å². The Hall–Kier alpha value is -1.96. The van der Waals surface area contributed by atoms with Crippen LogP contribution in [-0.4, -0.2) is 80.0 Å². The Balaban J connectivity index is 0. The van der Waals surface area contributed by atoms with Crippen LogP contribution in [0.15, 0.2) is 11.6 Å². The number of alkyl halides is 1. The Morgan fingerprint density at radius 2 is 1.64 bits per heavy atom. The normalized spacial score (nSPS) is 14.9. The molecular weight excluding hydrogens is 423 g/mol. The Kier molecular flexibility index (Phi) is 20.8. The van der Waals surface area contributed by atoms with E-state index < -0.39 is 6.67 Å². The van der Waals surface area contributed by atoms with Crippen molar-refractivity contribution >= 4 is 18.2 Å². The van der Waals surface area contributed by atoms with Gasteiger partial charge in [-0.25, -0.2) is 4.39 Å². The number of hydrogen-bond acceptors (Lipinski definition) is 4. The highest BCUT2D eigenvalue weighted by atomic mass is 19.1. The molecule has 1 heterocycles. The molecule has 7 nitrogen and oxygen atoms in total. The van der Waals surface area contributed by atoms with E-state index in [9.17, 15) is 18.8 Å². The average Bonchev–Trinajstić information content (AvgIpc) is 2.79. The van der Waals surface area contributed by atoms with Crippen molar-refractivity contribution in [3.8, 4) is 0 Å². The van der Waals surface area contributed by atoms with E-state index in [2.05, 4.69) is 43.2 Å². The highest BCUT2D eigenvalue weighted by Gasteiger charge is 2.22. The highest BCUT2D eigenvalue weighted by Crippen LogP contribution is 2.13. The third-order valence-electron chi connectivity index (χ3n) is 5.14. The summed E-state index contributed by atoms with van der Waals surface area (Å²) in [7, 11) is 1.61. The van der Waals surface area contributed by atoms with E-state index in [1.54, 1.807) is 20.0 Å². The van der Waals surface area contributed by atoms with Gasteiger partial charge in [0.25, 0.3) is 0 Å². The van der Waals surface area contributed by atoms with Crippen molar-refractivity contribution in [3.05, 3.63) is 11.6 Å². The summed E-state index contributed by atoms with van der Waals surface area (Å²) in [6.45, 7) is 16.2. The molecule has 0 unspecified atom stereocenters. The fraction of sp³-hybridized carbons (Fsp3) is 0.800. The number of likely N-dealkylation sites (tertiary alicyclic amines) is 1. The molecule has 194 valence electrons. The lowest BCUT2D eigenvalue weighted by Gasteiger charge is -2.29. The van der Waals surface area contributed by atoms with Gasteiger partial charge in [-0.15, -0.1) is 0 Å². The van der Waals surface area contributed by atoms with Gasteiger partial charge in [0, 0.05) is 25.2 Å². The predicted molar refractivity (Wildman–Crippen MR) is 135 cm³/mol. The lowest BCUT2D eigenvalue weighted by Crippen LogP contribution is -2.43. The lowest BCUT2D eigenvalue weighted by atomic mass is 10.00. The van der Waals surface area contributed by atoms with Crippen molar-refractivity contribution in [3.63, 3.8) is 0 Å². The van der Waals surface area contributed by atoms with E-state index in [0.29, 0.717) is 12.0 Å². The molecule has 0 aromatic heterocycles. The Bertz CT molecular complexity index is 562. The second kappa shape index (κ2) is 20.6. The van der Waals surface area contributed by atoms with Crippen LogP contribution in [0.2, 0.25) is 0 Å². The molecule has 2 N–H and O–H groups in total. The van der Waals surface area contributed by atoms with Crippen molar-refractivity contribution in [1.29, 1.82) is 0 Å². The van der Waals surface area contributed by atoms with Crippen LogP contribution in [-0.2, 0) is 14.4 Å². The summed E-state index contributed by atoms with van der Waals surface area (Å²) in [5.41, 5.74) is 0.421. The first-order valence-electron chi connectivity index (χ1n) is 12.3. The quantitative estimate of drug-likeness (QED) is 0.376. The molecule has 0 saturated carbocycles. The number of amides is 3. The van der Waals surface area contributed by atoms with Crippen LogP contribution in [0.3, 0.4) is 0 Å². The standard InChI is InChI=1S/C14H24FN3O3.C8H17N.C3H8/c1-10(2)12(18(4)13(20)8-16-9-19)7-11(3)14(21)17-6-5-15;1-8(2)9-6-4-3-5-7-9;1-3-2/h7,9-10,12H,5-6,8H2,1-4H3,(H,16,19)(H,17,21);8H,3-7H2,1-2H3;3H2,1-2H3/b11-7+;;/t12-;;/m1../s1. The monoisotopic (exact) mass is 472 g/mol. The topological polar surface area (TPSA) is 81.8 Å². The van der Waals surface area contributed by atoms with Gasteiger partial charge in [0.15, 0.2) is 0 Å². The van der Waals surface area contributed by atoms with Gasteiger partial charge in [-0.05, 0) is 52.6 Å². The molecule has 0 bridgehead atoms. The van der Waals surface area contributed by atoms with Crippen molar-refractivity contribution < 1.29 is 18.8 Å². The maximum atomic E-state index is 12.0. The summed E-state index contributed by atoms with van der Waals surface area (Å²) >= 11 is 0. The van der Waals surface area contributed by atoms with Crippen LogP contribution < -0.4 is 10.6 Å². The van der Waals surface area contributed by atoms with E-state index in [-0.39, 0.29) is 36.9 Å². The van der Waals surface area contributed by atoms with Crippen molar-refractivity contribution in [2.24, 2.45) is 5.92 Å². The average molecular weight is 473 g/mol. The van der Waals surface area contributed by atoms with Gasteiger partial charge in [-0.3, -0.25) is 14.4 Å². The largest absolute Gasteiger partial charge is 0.350 e. The first-order chi connectivity index (χ1) is 15.6. The van der Waals surface area contributed by atoms with Gasteiger partial charge >= 0.3 is 0 Å². The number of carbonyl (C=O) groups excluding carboxylic acids is 3. The van der Waals surface area contributed by atoms with E-state index in [4.69, 9.17) is 0 Å². The molecule has 1 aliphatic rings. The summed E-state index contributed by atoms with van der Waals surface area (Å²) in [6.07, 6.45) is 7.66. The number of rotatable bonds is 10. The molecule has 1 aliphatic heterocycles. The van der Waals surface area contributed by atoms with Crippen LogP contribution in [0.5, 0.6) is 0 Å². The maximum absolute atomic E-state index is 12.0. The molecule has 0 radical (unpaired) electrons. The number of nitrogens with zero attached hydrogens (tertiary/aromatic N) is 2. The zero-order valence-corrected chi connectivity index (χ0v) is 22.2. The van der Waals surface area contributed by atoms with Gasteiger partial charge in [-0.1, -0.05) is 46.6 Å². The molecule has 1 saturated heterocycles. The number of piperidine rings is 1. The van der Waals surface area contributed by atoms with E-state index in [1.807, 2.05) is 13.8 Å². The minimum atomic E-state index is -0.623. The van der Waals surface area contributed by atoms with Gasteiger partial charge in [0.05, 0.1) is 12.6 Å². The second-order valence-electron chi connectivity index (χ2n) is 8.93. The SMILES string of the molecule is C/C(=C\[C@H](C(C)C)N(C)C(=O)CNC=O)C(=O)NCCF.CC(C)N1CCCCC1.CCC. The van der Waals surface area contributed by atoms with Crippen LogP contribution in [0.1, 0.15) is 74.1 Å². The summed E-state index contributed by atoms with van der Waals surface area (Å²) < 4.78 is 12.0. The number of hydrogen-bond donors (Lipinski definition) is 2. The molecule has 0 aromatic rings. The molecule has 0 aromatic carbocycles. The van der Waals surface area contributed by atoms with Crippen molar-refractivity contribution in [1.82, 2.24) is 20.4 Å². The molecule has 1 fully saturated rings.